The van der Waals surface area contributed by atoms with Crippen LogP contribution in [0.3, 0.4) is 0 Å². The Bertz CT molecular complexity index is 410. The number of aromatic carboxylic acids is 1. The van der Waals surface area contributed by atoms with Crippen molar-refractivity contribution < 1.29 is 14.3 Å². The Kier molecular flexibility index (Phi) is 5.28. The number of hydrogen-bond donors (Lipinski definition) is 2. The molecule has 0 aliphatic heterocycles. The summed E-state index contributed by atoms with van der Waals surface area (Å²) in [6.07, 6.45) is 3.19. The van der Waals surface area contributed by atoms with E-state index >= 15 is 0 Å². The molecule has 0 aliphatic carbocycles. The fourth-order valence-electron chi connectivity index (χ4n) is 1.40. The first-order valence-electron chi connectivity index (χ1n) is 5.51. The van der Waals surface area contributed by atoms with Gasteiger partial charge >= 0.3 is 5.97 Å². The van der Waals surface area contributed by atoms with Gasteiger partial charge in [-0.1, -0.05) is 19.8 Å². The van der Waals surface area contributed by atoms with E-state index in [4.69, 9.17) is 10.8 Å². The van der Waals surface area contributed by atoms with Crippen molar-refractivity contribution in [3.05, 3.63) is 23.5 Å². The lowest BCUT2D eigenvalue weighted by Gasteiger charge is -2.07. The molecular weight excluding hydrogens is 241 g/mol. The number of anilines is 1. The molecule has 0 aromatic heterocycles. The number of carbonyl (C=O) groups is 1. The molecule has 3 N–H and O–H groups in total. The van der Waals surface area contributed by atoms with Gasteiger partial charge in [-0.3, -0.25) is 0 Å². The topological polar surface area (TPSA) is 63.3 Å². The molecule has 5 heteroatoms. The van der Waals surface area contributed by atoms with Gasteiger partial charge in [-0.2, -0.15) is 0 Å². The van der Waals surface area contributed by atoms with Gasteiger partial charge in [-0.15, -0.1) is 11.8 Å². The van der Waals surface area contributed by atoms with Gasteiger partial charge in [0.05, 0.1) is 5.56 Å². The van der Waals surface area contributed by atoms with Crippen LogP contribution in [-0.2, 0) is 0 Å². The minimum absolute atomic E-state index is 0.0343. The van der Waals surface area contributed by atoms with E-state index in [0.717, 1.165) is 31.1 Å². The zero-order valence-corrected chi connectivity index (χ0v) is 10.5. The Morgan fingerprint density at radius 2 is 2.18 bits per heavy atom. The average Bonchev–Trinajstić information content (AvgIpc) is 2.26. The predicted molar refractivity (Wildman–Crippen MR) is 68.0 cm³/mol. The second-order valence-corrected chi connectivity index (χ2v) is 4.87. The Balaban J connectivity index is 2.77. The van der Waals surface area contributed by atoms with Crippen LogP contribution >= 0.6 is 11.8 Å². The third-order valence-corrected chi connectivity index (χ3v) is 3.46. The van der Waals surface area contributed by atoms with Gasteiger partial charge in [-0.05, 0) is 24.3 Å². The van der Waals surface area contributed by atoms with Crippen LogP contribution < -0.4 is 5.73 Å². The maximum absolute atomic E-state index is 13.5. The van der Waals surface area contributed by atoms with Crippen molar-refractivity contribution in [2.75, 3.05) is 11.5 Å². The minimum Gasteiger partial charge on any atom is -0.478 e. The summed E-state index contributed by atoms with van der Waals surface area (Å²) in [5.41, 5.74) is 5.37. The van der Waals surface area contributed by atoms with E-state index in [2.05, 4.69) is 6.92 Å². The molecule has 0 saturated heterocycles. The Morgan fingerprint density at radius 1 is 1.47 bits per heavy atom. The lowest BCUT2D eigenvalue weighted by molar-refractivity contribution is 0.0697. The molecule has 1 aromatic rings. The highest BCUT2D eigenvalue weighted by molar-refractivity contribution is 7.99. The van der Waals surface area contributed by atoms with E-state index in [1.165, 1.54) is 17.8 Å². The van der Waals surface area contributed by atoms with E-state index in [0.29, 0.717) is 4.90 Å². The molecule has 1 rings (SSSR count). The van der Waals surface area contributed by atoms with E-state index in [-0.39, 0.29) is 11.3 Å². The highest BCUT2D eigenvalue weighted by Crippen LogP contribution is 2.27. The summed E-state index contributed by atoms with van der Waals surface area (Å²) >= 11 is 1.33. The molecule has 3 nitrogen and oxygen atoms in total. The zero-order valence-electron chi connectivity index (χ0n) is 9.70. The lowest BCUT2D eigenvalue weighted by Crippen LogP contribution is -2.03. The molecule has 0 radical (unpaired) electrons. The smallest absolute Gasteiger partial charge is 0.337 e. The quantitative estimate of drug-likeness (QED) is 0.466. The Labute approximate surface area is 104 Å². The van der Waals surface area contributed by atoms with Crippen LogP contribution in [0.5, 0.6) is 0 Å². The highest BCUT2D eigenvalue weighted by Gasteiger charge is 2.13. The summed E-state index contributed by atoms with van der Waals surface area (Å²) in [7, 11) is 0. The van der Waals surface area contributed by atoms with Crippen LogP contribution in [0.25, 0.3) is 0 Å². The van der Waals surface area contributed by atoms with E-state index < -0.39 is 11.8 Å². The van der Waals surface area contributed by atoms with E-state index in [1.54, 1.807) is 0 Å². The first-order chi connectivity index (χ1) is 8.06. The second kappa shape index (κ2) is 6.49. The second-order valence-electron chi connectivity index (χ2n) is 3.73. The van der Waals surface area contributed by atoms with Crippen LogP contribution in [0.4, 0.5) is 10.1 Å². The Morgan fingerprint density at radius 3 is 2.76 bits per heavy atom. The maximum atomic E-state index is 13.5. The minimum atomic E-state index is -1.13. The summed E-state index contributed by atoms with van der Waals surface area (Å²) < 4.78 is 13.5. The number of nitrogen functional groups attached to an aromatic ring is 1. The van der Waals surface area contributed by atoms with Gasteiger partial charge in [0.15, 0.2) is 0 Å². The third kappa shape index (κ3) is 3.93. The number of halogens is 1. The zero-order chi connectivity index (χ0) is 12.8. The first-order valence-corrected chi connectivity index (χ1v) is 6.50. The van der Waals surface area contributed by atoms with Crippen LogP contribution in [0.2, 0.25) is 0 Å². The van der Waals surface area contributed by atoms with E-state index in [9.17, 15) is 9.18 Å². The number of carboxylic acids is 1. The van der Waals surface area contributed by atoms with Gasteiger partial charge in [0.2, 0.25) is 0 Å². The number of benzene rings is 1. The van der Waals surface area contributed by atoms with Crippen LogP contribution in [0, 0.1) is 5.82 Å². The fraction of sp³-hybridized carbons (Fsp3) is 0.417. The van der Waals surface area contributed by atoms with Crippen molar-refractivity contribution in [1.29, 1.82) is 0 Å². The van der Waals surface area contributed by atoms with Crippen molar-refractivity contribution in [2.24, 2.45) is 0 Å². The molecule has 0 fully saturated rings. The maximum Gasteiger partial charge on any atom is 0.337 e. The number of nitrogens with two attached hydrogens (primary N) is 1. The first kappa shape index (κ1) is 13.8. The Hall–Kier alpha value is -1.23. The van der Waals surface area contributed by atoms with Crippen molar-refractivity contribution in [3.63, 3.8) is 0 Å². The van der Waals surface area contributed by atoms with Gasteiger partial charge in [-0.25, -0.2) is 9.18 Å². The number of unbranched alkanes of at least 4 members (excludes halogenated alkanes) is 2. The normalized spacial score (nSPS) is 10.5. The number of thioether (sulfide) groups is 1. The number of carboxylic acid groups (broad SMARTS) is 1. The van der Waals surface area contributed by atoms with E-state index in [1.807, 2.05) is 0 Å². The molecule has 0 bridgehead atoms. The van der Waals surface area contributed by atoms with Gasteiger partial charge in [0, 0.05) is 10.6 Å². The lowest BCUT2D eigenvalue weighted by atomic mass is 10.2. The summed E-state index contributed by atoms with van der Waals surface area (Å²) in [6, 6.07) is 2.38. The molecule has 0 unspecified atom stereocenters. The summed E-state index contributed by atoms with van der Waals surface area (Å²) in [5, 5.41) is 8.88. The summed E-state index contributed by atoms with van der Waals surface area (Å²) in [6.45, 7) is 2.09. The van der Waals surface area contributed by atoms with Gasteiger partial charge in [0.25, 0.3) is 0 Å². The molecular formula is C12H16FNO2S. The highest BCUT2D eigenvalue weighted by atomic mass is 32.2. The number of rotatable bonds is 6. The standard InChI is InChI=1S/C12H16FNO2S/c1-2-3-4-5-17-11-6-8(12(15)16)10(14)7-9(11)13/h6-7H,2-5,14H2,1H3,(H,15,16). The van der Waals surface area contributed by atoms with Gasteiger partial charge in [0.1, 0.15) is 5.82 Å². The monoisotopic (exact) mass is 257 g/mol. The fourth-order valence-corrected chi connectivity index (χ4v) is 2.37. The van der Waals surface area contributed by atoms with Crippen molar-refractivity contribution in [2.45, 2.75) is 31.1 Å². The van der Waals surface area contributed by atoms with Crippen molar-refractivity contribution in [3.8, 4) is 0 Å². The van der Waals surface area contributed by atoms with Crippen LogP contribution in [-0.4, -0.2) is 16.8 Å². The SMILES string of the molecule is CCCCCSc1cc(C(=O)O)c(N)cc1F. The molecule has 0 atom stereocenters. The molecule has 17 heavy (non-hydrogen) atoms. The van der Waals surface area contributed by atoms with Gasteiger partial charge < -0.3 is 10.8 Å². The average molecular weight is 257 g/mol. The molecule has 0 heterocycles. The molecule has 0 saturated carbocycles. The molecule has 1 aromatic carbocycles. The molecule has 0 spiro atoms. The molecule has 0 aliphatic rings. The largest absolute Gasteiger partial charge is 0.478 e. The number of hydrogen-bond acceptors (Lipinski definition) is 3. The van der Waals surface area contributed by atoms with Crippen LogP contribution in [0.1, 0.15) is 36.5 Å². The third-order valence-electron chi connectivity index (χ3n) is 2.34. The molecule has 0 amide bonds. The van der Waals surface area contributed by atoms with Crippen molar-refractivity contribution >= 4 is 23.4 Å². The molecule has 94 valence electrons. The summed E-state index contributed by atoms with van der Waals surface area (Å²) in [4.78, 5) is 11.2. The van der Waals surface area contributed by atoms with Crippen LogP contribution in [0.15, 0.2) is 17.0 Å². The van der Waals surface area contributed by atoms with Crippen molar-refractivity contribution in [1.82, 2.24) is 0 Å². The predicted octanol–water partition coefficient (Wildman–Crippen LogP) is 3.39. The summed E-state index contributed by atoms with van der Waals surface area (Å²) in [5.74, 6) is -0.791.